The molecule has 0 fully saturated rings. The first-order valence-corrected chi connectivity index (χ1v) is 6.66. The summed E-state index contributed by atoms with van der Waals surface area (Å²) < 4.78 is 16.9. The second kappa shape index (κ2) is 5.18. The largest absolute Gasteiger partial charge is 0.506 e. The van der Waals surface area contributed by atoms with Crippen LogP contribution in [0.25, 0.3) is 0 Å². The summed E-state index contributed by atoms with van der Waals surface area (Å²) in [5, 5.41) is 9.67. The van der Waals surface area contributed by atoms with Crippen LogP contribution in [-0.2, 0) is 16.6 Å². The molecule has 0 spiro atoms. The van der Waals surface area contributed by atoms with Gasteiger partial charge in [-0.25, -0.2) is 4.79 Å². The Kier molecular flexibility index (Phi) is 3.62. The number of aryl methyl sites for hydroxylation is 1. The Morgan fingerprint density at radius 2 is 1.94 bits per heavy atom. The van der Waals surface area contributed by atoms with Crippen LogP contribution in [0.3, 0.4) is 0 Å². The lowest BCUT2D eigenvalue weighted by Crippen LogP contribution is -2.11. The second-order valence-electron chi connectivity index (χ2n) is 3.83. The van der Waals surface area contributed by atoms with Crippen LogP contribution in [0.15, 0.2) is 50.5 Å². The number of benzene rings is 1. The molecule has 1 unspecified atom stereocenters. The zero-order valence-corrected chi connectivity index (χ0v) is 10.6. The molecule has 0 aliphatic rings. The maximum Gasteiger partial charge on any atom is 0.356 e. The predicted octanol–water partition coefficient (Wildman–Crippen LogP) is 1.96. The fraction of sp³-hybridized carbons (Fsp3) is 0.154. The number of hydrogen-bond donors (Lipinski definition) is 1. The molecule has 0 aliphatic carbocycles. The molecule has 2 aromatic rings. The van der Waals surface area contributed by atoms with Gasteiger partial charge in [-0.1, -0.05) is 30.3 Å². The van der Waals surface area contributed by atoms with Gasteiger partial charge in [0.2, 0.25) is 0 Å². The Balaban J connectivity index is 2.33. The van der Waals surface area contributed by atoms with E-state index in [-0.39, 0.29) is 22.2 Å². The minimum absolute atomic E-state index is 0.169. The highest BCUT2D eigenvalue weighted by Gasteiger charge is 2.17. The van der Waals surface area contributed by atoms with E-state index < -0.39 is 16.4 Å². The summed E-state index contributed by atoms with van der Waals surface area (Å²) in [6, 6.07) is 10.4. The summed E-state index contributed by atoms with van der Waals surface area (Å²) in [6.45, 7) is 1.55. The summed E-state index contributed by atoms with van der Waals surface area (Å²) in [7, 11) is -1.62. The molecule has 1 aromatic heterocycles. The Morgan fingerprint density at radius 1 is 1.28 bits per heavy atom. The SMILES string of the molecule is Cc1cc(O)c(S(=O)Cc2ccccc2)c(=O)o1. The summed E-state index contributed by atoms with van der Waals surface area (Å²) in [5.74, 6) is 0.179. The summed E-state index contributed by atoms with van der Waals surface area (Å²) in [5.41, 5.74) is 0.0805. The Morgan fingerprint density at radius 3 is 2.56 bits per heavy atom. The summed E-state index contributed by atoms with van der Waals surface area (Å²) in [4.78, 5) is 11.4. The van der Waals surface area contributed by atoms with Gasteiger partial charge in [0, 0.05) is 6.07 Å². The molecule has 0 aliphatic heterocycles. The standard InChI is InChI=1S/C13H12O4S/c1-9-7-11(14)12(13(15)17-9)18(16)8-10-5-3-2-4-6-10/h2-7,14H,8H2,1H3. The van der Waals surface area contributed by atoms with Crippen LogP contribution in [-0.4, -0.2) is 9.32 Å². The molecular formula is C13H12O4S. The molecule has 18 heavy (non-hydrogen) atoms. The van der Waals surface area contributed by atoms with E-state index in [4.69, 9.17) is 4.42 Å². The normalized spacial score (nSPS) is 12.3. The Labute approximate surface area is 106 Å². The van der Waals surface area contributed by atoms with Crippen LogP contribution in [0.1, 0.15) is 11.3 Å². The molecule has 0 saturated heterocycles. The van der Waals surface area contributed by atoms with E-state index in [0.29, 0.717) is 0 Å². The van der Waals surface area contributed by atoms with E-state index >= 15 is 0 Å². The smallest absolute Gasteiger partial charge is 0.356 e. The minimum Gasteiger partial charge on any atom is -0.506 e. The van der Waals surface area contributed by atoms with E-state index in [1.54, 1.807) is 6.92 Å². The quantitative estimate of drug-likeness (QED) is 0.920. The first-order valence-electron chi connectivity index (χ1n) is 5.34. The molecule has 1 heterocycles. The zero-order chi connectivity index (χ0) is 13.1. The molecule has 0 radical (unpaired) electrons. The van der Waals surface area contributed by atoms with Gasteiger partial charge >= 0.3 is 5.63 Å². The third kappa shape index (κ3) is 2.68. The van der Waals surface area contributed by atoms with Gasteiger partial charge in [0.15, 0.2) is 4.90 Å². The van der Waals surface area contributed by atoms with Crippen LogP contribution in [0.4, 0.5) is 0 Å². The first-order chi connectivity index (χ1) is 8.58. The molecule has 4 nitrogen and oxygen atoms in total. The van der Waals surface area contributed by atoms with Crippen molar-refractivity contribution in [3.05, 3.63) is 58.1 Å². The molecule has 0 saturated carbocycles. The molecule has 0 amide bonds. The zero-order valence-electron chi connectivity index (χ0n) is 9.75. The van der Waals surface area contributed by atoms with Gasteiger partial charge in [-0.05, 0) is 12.5 Å². The van der Waals surface area contributed by atoms with Crippen molar-refractivity contribution >= 4 is 10.8 Å². The molecular weight excluding hydrogens is 252 g/mol. The van der Waals surface area contributed by atoms with E-state index in [2.05, 4.69) is 0 Å². The molecule has 2 rings (SSSR count). The van der Waals surface area contributed by atoms with E-state index in [9.17, 15) is 14.1 Å². The third-order valence-corrected chi connectivity index (χ3v) is 3.81. The number of hydrogen-bond acceptors (Lipinski definition) is 4. The van der Waals surface area contributed by atoms with Crippen LogP contribution in [0.2, 0.25) is 0 Å². The monoisotopic (exact) mass is 264 g/mol. The fourth-order valence-electron chi connectivity index (χ4n) is 1.59. The summed E-state index contributed by atoms with van der Waals surface area (Å²) >= 11 is 0. The summed E-state index contributed by atoms with van der Waals surface area (Å²) in [6.07, 6.45) is 0. The van der Waals surface area contributed by atoms with Crippen molar-refractivity contribution in [1.29, 1.82) is 0 Å². The van der Waals surface area contributed by atoms with E-state index in [1.165, 1.54) is 6.07 Å². The fourth-order valence-corrected chi connectivity index (χ4v) is 2.75. The van der Waals surface area contributed by atoms with Crippen molar-refractivity contribution in [2.45, 2.75) is 17.6 Å². The third-order valence-electron chi connectivity index (χ3n) is 2.38. The number of aromatic hydroxyl groups is 1. The van der Waals surface area contributed by atoms with Crippen molar-refractivity contribution in [1.82, 2.24) is 0 Å². The van der Waals surface area contributed by atoms with Crippen molar-refractivity contribution in [3.8, 4) is 5.75 Å². The van der Waals surface area contributed by atoms with Gasteiger partial charge in [-0.15, -0.1) is 0 Å². The molecule has 0 bridgehead atoms. The predicted molar refractivity (Wildman–Crippen MR) is 67.9 cm³/mol. The number of rotatable bonds is 3. The van der Waals surface area contributed by atoms with Crippen molar-refractivity contribution in [3.63, 3.8) is 0 Å². The van der Waals surface area contributed by atoms with Gasteiger partial charge in [-0.3, -0.25) is 4.21 Å². The minimum atomic E-state index is -1.62. The lowest BCUT2D eigenvalue weighted by Gasteiger charge is -2.04. The van der Waals surface area contributed by atoms with Crippen molar-refractivity contribution in [2.75, 3.05) is 0 Å². The van der Waals surface area contributed by atoms with Crippen LogP contribution >= 0.6 is 0 Å². The topological polar surface area (TPSA) is 67.5 Å². The van der Waals surface area contributed by atoms with Crippen molar-refractivity contribution < 1.29 is 13.7 Å². The molecule has 5 heteroatoms. The lowest BCUT2D eigenvalue weighted by atomic mass is 10.2. The highest BCUT2D eigenvalue weighted by Crippen LogP contribution is 2.20. The molecule has 1 atom stereocenters. The van der Waals surface area contributed by atoms with Crippen molar-refractivity contribution in [2.24, 2.45) is 0 Å². The van der Waals surface area contributed by atoms with E-state index in [0.717, 1.165) is 5.56 Å². The van der Waals surface area contributed by atoms with Gasteiger partial charge in [0.1, 0.15) is 11.5 Å². The van der Waals surface area contributed by atoms with Crippen LogP contribution < -0.4 is 5.63 Å². The second-order valence-corrected chi connectivity index (χ2v) is 5.22. The highest BCUT2D eigenvalue weighted by molar-refractivity contribution is 7.84. The Hall–Kier alpha value is -1.88. The first kappa shape index (κ1) is 12.6. The maximum absolute atomic E-state index is 12.1. The van der Waals surface area contributed by atoms with Gasteiger partial charge in [-0.2, -0.15) is 0 Å². The highest BCUT2D eigenvalue weighted by atomic mass is 32.2. The van der Waals surface area contributed by atoms with Crippen LogP contribution in [0.5, 0.6) is 5.75 Å². The lowest BCUT2D eigenvalue weighted by molar-refractivity contribution is 0.410. The van der Waals surface area contributed by atoms with Crippen LogP contribution in [0, 0.1) is 6.92 Å². The van der Waals surface area contributed by atoms with Gasteiger partial charge in [0.05, 0.1) is 16.6 Å². The molecule has 1 N–H and O–H groups in total. The van der Waals surface area contributed by atoms with Gasteiger partial charge in [0.25, 0.3) is 0 Å². The van der Waals surface area contributed by atoms with Gasteiger partial charge < -0.3 is 9.52 Å². The average Bonchev–Trinajstić information content (AvgIpc) is 2.28. The van der Waals surface area contributed by atoms with E-state index in [1.807, 2.05) is 30.3 Å². The maximum atomic E-state index is 12.1. The molecule has 94 valence electrons. The Bertz CT molecular complexity index is 631. The molecule has 1 aromatic carbocycles. The average molecular weight is 264 g/mol.